The first-order valence-corrected chi connectivity index (χ1v) is 3.85. The quantitative estimate of drug-likeness (QED) is 0.451. The predicted octanol–water partition coefficient (Wildman–Crippen LogP) is 1.37. The molecular weight excluding hydrogens is 128 g/mol. The zero-order valence-corrected chi connectivity index (χ0v) is 6.55. The molecule has 10 heavy (non-hydrogen) atoms. The fourth-order valence-corrected chi connectivity index (χ4v) is 0.914. The number of rotatable bonds is 6. The van der Waals surface area contributed by atoms with Crippen molar-refractivity contribution in [3.8, 4) is 0 Å². The third kappa shape index (κ3) is 5.76. The molecule has 0 aliphatic rings. The normalized spacial score (nSPS) is 13.0. The van der Waals surface area contributed by atoms with Gasteiger partial charge in [-0.1, -0.05) is 13.3 Å². The maximum absolute atomic E-state index is 9.89. The van der Waals surface area contributed by atoms with Crippen LogP contribution in [0.15, 0.2) is 0 Å². The van der Waals surface area contributed by atoms with E-state index in [1.165, 1.54) is 0 Å². The summed E-state index contributed by atoms with van der Waals surface area (Å²) in [4.78, 5) is 9.89. The summed E-state index contributed by atoms with van der Waals surface area (Å²) >= 11 is 0. The van der Waals surface area contributed by atoms with E-state index in [1.54, 1.807) is 0 Å². The van der Waals surface area contributed by atoms with Crippen molar-refractivity contribution in [1.29, 1.82) is 0 Å². The van der Waals surface area contributed by atoms with Crippen molar-refractivity contribution in [2.45, 2.75) is 32.6 Å². The Kier molecular flexibility index (Phi) is 6.50. The van der Waals surface area contributed by atoms with Gasteiger partial charge in [0.15, 0.2) is 0 Å². The average molecular weight is 144 g/mol. The molecule has 2 heteroatoms. The van der Waals surface area contributed by atoms with Crippen molar-refractivity contribution in [1.82, 2.24) is 0 Å². The Balaban J connectivity index is 3.04. The molecule has 2 nitrogen and oxygen atoms in total. The molecule has 0 saturated carbocycles. The first-order chi connectivity index (χ1) is 4.81. The van der Waals surface area contributed by atoms with Crippen molar-refractivity contribution in [2.75, 3.05) is 6.61 Å². The van der Waals surface area contributed by atoms with Crippen LogP contribution >= 0.6 is 0 Å². The van der Waals surface area contributed by atoms with E-state index in [0.717, 1.165) is 25.5 Å². The Bertz CT molecular complexity index is 81.3. The van der Waals surface area contributed by atoms with Gasteiger partial charge in [0.25, 0.3) is 0 Å². The molecule has 0 rings (SSSR count). The molecule has 1 N–H and O–H groups in total. The summed E-state index contributed by atoms with van der Waals surface area (Å²) in [5.74, 6) is 0.560. The van der Waals surface area contributed by atoms with Gasteiger partial charge < -0.3 is 9.90 Å². The van der Waals surface area contributed by atoms with E-state index < -0.39 is 0 Å². The number of carbonyl (C=O) groups excluding carboxylic acids is 1. The lowest BCUT2D eigenvalue weighted by Crippen LogP contribution is -1.97. The number of aldehydes is 1. The number of hydrogen-bond acceptors (Lipinski definition) is 2. The third-order valence-corrected chi connectivity index (χ3v) is 1.64. The summed E-state index contributed by atoms with van der Waals surface area (Å²) in [7, 11) is 0. The maximum atomic E-state index is 9.89. The highest BCUT2D eigenvalue weighted by Gasteiger charge is 1.99. The second-order valence-corrected chi connectivity index (χ2v) is 2.72. The summed E-state index contributed by atoms with van der Waals surface area (Å²) in [5.41, 5.74) is 0. The SMILES string of the molecule is C[C@@H](CCO)CCCC=O. The smallest absolute Gasteiger partial charge is 0.119 e. The first-order valence-electron chi connectivity index (χ1n) is 3.85. The Hall–Kier alpha value is -0.370. The Morgan fingerprint density at radius 3 is 2.70 bits per heavy atom. The van der Waals surface area contributed by atoms with Gasteiger partial charge in [-0.2, -0.15) is 0 Å². The Labute approximate surface area is 62.2 Å². The average Bonchev–Trinajstić information content (AvgIpc) is 1.89. The molecule has 0 radical (unpaired) electrons. The number of aliphatic hydroxyl groups is 1. The molecule has 0 bridgehead atoms. The summed E-state index contributed by atoms with van der Waals surface area (Å²) < 4.78 is 0. The molecule has 0 heterocycles. The molecule has 1 atom stereocenters. The minimum Gasteiger partial charge on any atom is -0.396 e. The van der Waals surface area contributed by atoms with Crippen molar-refractivity contribution in [3.05, 3.63) is 0 Å². The Morgan fingerprint density at radius 2 is 2.20 bits per heavy atom. The van der Waals surface area contributed by atoms with Gasteiger partial charge in [0.05, 0.1) is 0 Å². The fraction of sp³-hybridized carbons (Fsp3) is 0.875. The molecule has 0 aliphatic carbocycles. The van der Waals surface area contributed by atoms with Crippen LogP contribution in [0.2, 0.25) is 0 Å². The van der Waals surface area contributed by atoms with Gasteiger partial charge in [0.2, 0.25) is 0 Å². The molecule has 0 fully saturated rings. The van der Waals surface area contributed by atoms with Gasteiger partial charge in [-0.3, -0.25) is 0 Å². The van der Waals surface area contributed by atoms with Gasteiger partial charge in [0, 0.05) is 13.0 Å². The predicted molar refractivity (Wildman–Crippen MR) is 40.8 cm³/mol. The molecule has 0 unspecified atom stereocenters. The van der Waals surface area contributed by atoms with E-state index in [0.29, 0.717) is 12.3 Å². The minimum absolute atomic E-state index is 0.266. The van der Waals surface area contributed by atoms with Gasteiger partial charge in [-0.25, -0.2) is 0 Å². The molecule has 0 aromatic carbocycles. The molecular formula is C8H16O2. The van der Waals surface area contributed by atoms with E-state index in [1.807, 2.05) is 0 Å². The van der Waals surface area contributed by atoms with E-state index in [9.17, 15) is 4.79 Å². The largest absolute Gasteiger partial charge is 0.396 e. The minimum atomic E-state index is 0.266. The molecule has 0 spiro atoms. The standard InChI is InChI=1S/C8H16O2/c1-8(5-7-10)4-2-3-6-9/h6,8,10H,2-5,7H2,1H3/t8-/m1/s1. The molecule has 60 valence electrons. The van der Waals surface area contributed by atoms with Gasteiger partial charge in [-0.05, 0) is 18.8 Å². The zero-order valence-electron chi connectivity index (χ0n) is 6.55. The van der Waals surface area contributed by atoms with Crippen molar-refractivity contribution in [2.24, 2.45) is 5.92 Å². The van der Waals surface area contributed by atoms with E-state index in [-0.39, 0.29) is 6.61 Å². The summed E-state index contributed by atoms with van der Waals surface area (Å²) in [6, 6.07) is 0. The maximum Gasteiger partial charge on any atom is 0.119 e. The van der Waals surface area contributed by atoms with Gasteiger partial charge >= 0.3 is 0 Å². The first kappa shape index (κ1) is 9.63. The van der Waals surface area contributed by atoms with Crippen LogP contribution in [0.1, 0.15) is 32.6 Å². The van der Waals surface area contributed by atoms with E-state index >= 15 is 0 Å². The van der Waals surface area contributed by atoms with Crippen molar-refractivity contribution < 1.29 is 9.90 Å². The molecule has 0 aliphatic heterocycles. The monoisotopic (exact) mass is 144 g/mol. The number of aliphatic hydroxyl groups excluding tert-OH is 1. The summed E-state index contributed by atoms with van der Waals surface area (Å²) in [6.07, 6.45) is 4.49. The zero-order chi connectivity index (χ0) is 7.82. The Morgan fingerprint density at radius 1 is 1.50 bits per heavy atom. The number of carbonyl (C=O) groups is 1. The summed E-state index contributed by atoms with van der Waals surface area (Å²) in [6.45, 7) is 2.36. The lowest BCUT2D eigenvalue weighted by Gasteiger charge is -2.06. The topological polar surface area (TPSA) is 37.3 Å². The van der Waals surface area contributed by atoms with E-state index in [4.69, 9.17) is 5.11 Å². The number of hydrogen-bond donors (Lipinski definition) is 1. The van der Waals surface area contributed by atoms with Crippen LogP contribution < -0.4 is 0 Å². The second-order valence-electron chi connectivity index (χ2n) is 2.72. The molecule has 0 aromatic heterocycles. The summed E-state index contributed by atoms with van der Waals surface area (Å²) in [5, 5.41) is 8.52. The lowest BCUT2D eigenvalue weighted by molar-refractivity contribution is -0.107. The van der Waals surface area contributed by atoms with Crippen LogP contribution in [0.5, 0.6) is 0 Å². The van der Waals surface area contributed by atoms with Gasteiger partial charge in [0.1, 0.15) is 6.29 Å². The van der Waals surface area contributed by atoms with Crippen LogP contribution in [0, 0.1) is 5.92 Å². The van der Waals surface area contributed by atoms with Crippen molar-refractivity contribution in [3.63, 3.8) is 0 Å². The second kappa shape index (κ2) is 6.75. The van der Waals surface area contributed by atoms with Crippen molar-refractivity contribution >= 4 is 6.29 Å². The molecule has 0 aromatic rings. The highest BCUT2D eigenvalue weighted by Crippen LogP contribution is 2.09. The highest BCUT2D eigenvalue weighted by molar-refractivity contribution is 5.48. The molecule has 0 amide bonds. The van der Waals surface area contributed by atoms with Crippen LogP contribution in [0.4, 0.5) is 0 Å². The van der Waals surface area contributed by atoms with Crippen LogP contribution in [-0.4, -0.2) is 18.0 Å². The molecule has 0 saturated heterocycles. The lowest BCUT2D eigenvalue weighted by atomic mass is 10.0. The van der Waals surface area contributed by atoms with E-state index in [2.05, 4.69) is 6.92 Å². The number of unbranched alkanes of at least 4 members (excludes halogenated alkanes) is 1. The van der Waals surface area contributed by atoms with Crippen LogP contribution in [0.25, 0.3) is 0 Å². The fourth-order valence-electron chi connectivity index (χ4n) is 0.914. The third-order valence-electron chi connectivity index (χ3n) is 1.64. The highest BCUT2D eigenvalue weighted by atomic mass is 16.3. The van der Waals surface area contributed by atoms with Crippen LogP contribution in [-0.2, 0) is 4.79 Å². The van der Waals surface area contributed by atoms with Crippen LogP contribution in [0.3, 0.4) is 0 Å². The van der Waals surface area contributed by atoms with Gasteiger partial charge in [-0.15, -0.1) is 0 Å².